The zero-order chi connectivity index (χ0) is 9.80. The highest BCUT2D eigenvalue weighted by Gasteiger charge is 2.11. The largest absolute Gasteiger partial charge is 0.379 e. The van der Waals surface area contributed by atoms with Crippen molar-refractivity contribution in [3.05, 3.63) is 29.6 Å². The molecule has 14 heavy (non-hydrogen) atoms. The van der Waals surface area contributed by atoms with Crippen LogP contribution in [0.4, 0.5) is 0 Å². The Balaban J connectivity index is 1.99. The van der Waals surface area contributed by atoms with Crippen LogP contribution in [0, 0.1) is 6.92 Å². The third-order valence-corrected chi connectivity index (χ3v) is 2.59. The normalized spacial score (nSPS) is 18.4. The maximum Gasteiger partial charge on any atom is 0.0594 e. The molecule has 0 aromatic carbocycles. The average molecular weight is 192 g/mol. The van der Waals surface area contributed by atoms with Crippen molar-refractivity contribution in [3.63, 3.8) is 0 Å². The van der Waals surface area contributed by atoms with E-state index in [1.807, 2.05) is 12.3 Å². The summed E-state index contributed by atoms with van der Waals surface area (Å²) in [6, 6.07) is 4.10. The SMILES string of the molecule is Cc1cccnc1CN1CCOCC1. The van der Waals surface area contributed by atoms with E-state index in [9.17, 15) is 0 Å². The standard InChI is InChI=1S/C11H16N2O/c1-10-3-2-4-12-11(10)9-13-5-7-14-8-6-13/h2-4H,5-9H2,1H3. The highest BCUT2D eigenvalue weighted by molar-refractivity contribution is 5.17. The second-order valence-electron chi connectivity index (χ2n) is 3.66. The summed E-state index contributed by atoms with van der Waals surface area (Å²) in [6.07, 6.45) is 1.86. The van der Waals surface area contributed by atoms with Crippen LogP contribution in [0.25, 0.3) is 0 Å². The molecule has 1 aliphatic heterocycles. The minimum absolute atomic E-state index is 0.853. The van der Waals surface area contributed by atoms with E-state index >= 15 is 0 Å². The monoisotopic (exact) mass is 192 g/mol. The Kier molecular flexibility index (Phi) is 3.11. The molecule has 76 valence electrons. The molecule has 0 radical (unpaired) electrons. The fourth-order valence-electron chi connectivity index (χ4n) is 1.65. The van der Waals surface area contributed by atoms with Crippen LogP contribution in [0.5, 0.6) is 0 Å². The van der Waals surface area contributed by atoms with Crippen molar-refractivity contribution in [2.45, 2.75) is 13.5 Å². The minimum atomic E-state index is 0.853. The quantitative estimate of drug-likeness (QED) is 0.704. The summed E-state index contributed by atoms with van der Waals surface area (Å²) >= 11 is 0. The lowest BCUT2D eigenvalue weighted by molar-refractivity contribution is 0.0335. The molecular formula is C11H16N2O. The number of rotatable bonds is 2. The molecule has 2 rings (SSSR count). The van der Waals surface area contributed by atoms with Crippen molar-refractivity contribution in [1.82, 2.24) is 9.88 Å². The third-order valence-electron chi connectivity index (χ3n) is 2.59. The summed E-state index contributed by atoms with van der Waals surface area (Å²) in [5.74, 6) is 0. The Labute approximate surface area is 84.7 Å². The van der Waals surface area contributed by atoms with E-state index in [-0.39, 0.29) is 0 Å². The molecule has 2 heterocycles. The van der Waals surface area contributed by atoms with Gasteiger partial charge in [0.05, 0.1) is 18.9 Å². The lowest BCUT2D eigenvalue weighted by atomic mass is 10.2. The second kappa shape index (κ2) is 4.53. The molecule has 0 amide bonds. The van der Waals surface area contributed by atoms with E-state index < -0.39 is 0 Å². The van der Waals surface area contributed by atoms with Crippen molar-refractivity contribution in [3.8, 4) is 0 Å². The number of ether oxygens (including phenoxy) is 1. The van der Waals surface area contributed by atoms with Crippen molar-refractivity contribution < 1.29 is 4.74 Å². The fraction of sp³-hybridized carbons (Fsp3) is 0.545. The maximum absolute atomic E-state index is 5.31. The van der Waals surface area contributed by atoms with Crippen molar-refractivity contribution in [2.24, 2.45) is 0 Å². The van der Waals surface area contributed by atoms with Gasteiger partial charge in [0, 0.05) is 25.8 Å². The van der Waals surface area contributed by atoms with Crippen LogP contribution < -0.4 is 0 Å². The molecule has 0 unspecified atom stereocenters. The smallest absolute Gasteiger partial charge is 0.0594 e. The zero-order valence-electron chi connectivity index (χ0n) is 8.57. The van der Waals surface area contributed by atoms with Gasteiger partial charge in [0.15, 0.2) is 0 Å². The fourth-order valence-corrected chi connectivity index (χ4v) is 1.65. The van der Waals surface area contributed by atoms with Gasteiger partial charge in [-0.1, -0.05) is 6.07 Å². The predicted molar refractivity (Wildman–Crippen MR) is 55.1 cm³/mol. The molecule has 3 heteroatoms. The third kappa shape index (κ3) is 2.30. The van der Waals surface area contributed by atoms with Crippen LogP contribution in [0.2, 0.25) is 0 Å². The van der Waals surface area contributed by atoms with E-state index in [1.54, 1.807) is 0 Å². The number of aromatic nitrogens is 1. The van der Waals surface area contributed by atoms with Crippen LogP contribution in [0.1, 0.15) is 11.3 Å². The van der Waals surface area contributed by atoms with Crippen molar-refractivity contribution >= 4 is 0 Å². The molecule has 0 aliphatic carbocycles. The molecule has 0 atom stereocenters. The molecule has 0 spiro atoms. The Bertz CT molecular complexity index is 295. The zero-order valence-corrected chi connectivity index (χ0v) is 8.57. The Morgan fingerprint density at radius 1 is 1.43 bits per heavy atom. The predicted octanol–water partition coefficient (Wildman–Crippen LogP) is 1.22. The Morgan fingerprint density at radius 2 is 2.21 bits per heavy atom. The summed E-state index contributed by atoms with van der Waals surface area (Å²) in [7, 11) is 0. The second-order valence-corrected chi connectivity index (χ2v) is 3.66. The number of hydrogen-bond donors (Lipinski definition) is 0. The van der Waals surface area contributed by atoms with Gasteiger partial charge >= 0.3 is 0 Å². The molecule has 3 nitrogen and oxygen atoms in total. The van der Waals surface area contributed by atoms with E-state index in [1.165, 1.54) is 11.3 Å². The van der Waals surface area contributed by atoms with Gasteiger partial charge < -0.3 is 4.74 Å². The number of hydrogen-bond acceptors (Lipinski definition) is 3. The molecule has 0 N–H and O–H groups in total. The van der Waals surface area contributed by atoms with Crippen molar-refractivity contribution in [1.29, 1.82) is 0 Å². The molecule has 1 fully saturated rings. The van der Waals surface area contributed by atoms with Gasteiger partial charge in [-0.15, -0.1) is 0 Å². The van der Waals surface area contributed by atoms with Crippen LogP contribution in [-0.4, -0.2) is 36.2 Å². The highest BCUT2D eigenvalue weighted by Crippen LogP contribution is 2.08. The summed E-state index contributed by atoms with van der Waals surface area (Å²) in [4.78, 5) is 6.78. The molecule has 0 saturated carbocycles. The van der Waals surface area contributed by atoms with Gasteiger partial charge in [-0.25, -0.2) is 0 Å². The number of aryl methyl sites for hydroxylation is 1. The highest BCUT2D eigenvalue weighted by atomic mass is 16.5. The average Bonchev–Trinajstić information content (AvgIpc) is 2.23. The van der Waals surface area contributed by atoms with Crippen LogP contribution in [0.15, 0.2) is 18.3 Å². The summed E-state index contributed by atoms with van der Waals surface area (Å²) in [5.41, 5.74) is 2.47. The molecule has 1 aromatic rings. The van der Waals surface area contributed by atoms with Crippen LogP contribution in [0.3, 0.4) is 0 Å². The number of nitrogens with zero attached hydrogens (tertiary/aromatic N) is 2. The first-order valence-corrected chi connectivity index (χ1v) is 5.07. The lowest BCUT2D eigenvalue weighted by Gasteiger charge is -2.26. The van der Waals surface area contributed by atoms with Gasteiger partial charge in [-0.05, 0) is 18.6 Å². The van der Waals surface area contributed by atoms with Crippen LogP contribution >= 0.6 is 0 Å². The van der Waals surface area contributed by atoms with E-state index in [4.69, 9.17) is 4.74 Å². The topological polar surface area (TPSA) is 25.4 Å². The molecule has 1 aliphatic rings. The summed E-state index contributed by atoms with van der Waals surface area (Å²) in [5, 5.41) is 0. The first kappa shape index (κ1) is 9.62. The molecule has 0 bridgehead atoms. The Morgan fingerprint density at radius 3 is 2.93 bits per heavy atom. The summed E-state index contributed by atoms with van der Waals surface area (Å²) < 4.78 is 5.31. The van der Waals surface area contributed by atoms with Gasteiger partial charge in [-0.2, -0.15) is 0 Å². The Hall–Kier alpha value is -0.930. The van der Waals surface area contributed by atoms with Gasteiger partial charge in [-0.3, -0.25) is 9.88 Å². The minimum Gasteiger partial charge on any atom is -0.379 e. The number of pyridine rings is 1. The van der Waals surface area contributed by atoms with E-state index in [0.717, 1.165) is 32.8 Å². The maximum atomic E-state index is 5.31. The van der Waals surface area contributed by atoms with Gasteiger partial charge in [0.1, 0.15) is 0 Å². The van der Waals surface area contributed by atoms with Crippen LogP contribution in [-0.2, 0) is 11.3 Å². The first-order valence-electron chi connectivity index (χ1n) is 5.07. The molecule has 1 aromatic heterocycles. The number of morpholine rings is 1. The first-order chi connectivity index (χ1) is 6.86. The molecule has 1 saturated heterocycles. The van der Waals surface area contributed by atoms with E-state index in [2.05, 4.69) is 22.9 Å². The summed E-state index contributed by atoms with van der Waals surface area (Å²) in [6.45, 7) is 6.82. The van der Waals surface area contributed by atoms with Gasteiger partial charge in [0.2, 0.25) is 0 Å². The van der Waals surface area contributed by atoms with E-state index in [0.29, 0.717) is 0 Å². The van der Waals surface area contributed by atoms with Gasteiger partial charge in [0.25, 0.3) is 0 Å². The lowest BCUT2D eigenvalue weighted by Crippen LogP contribution is -2.36. The molecular weight excluding hydrogens is 176 g/mol. The van der Waals surface area contributed by atoms with Crippen molar-refractivity contribution in [2.75, 3.05) is 26.3 Å².